The lowest BCUT2D eigenvalue weighted by atomic mass is 9.76. The van der Waals surface area contributed by atoms with E-state index in [4.69, 9.17) is 33.2 Å². The summed E-state index contributed by atoms with van der Waals surface area (Å²) in [5, 5.41) is 5.22. The van der Waals surface area contributed by atoms with Gasteiger partial charge < -0.3 is 19.4 Å². The Balaban J connectivity index is 0.000000164. The van der Waals surface area contributed by atoms with Crippen molar-refractivity contribution in [1.82, 2.24) is 39.3 Å². The number of piperidine rings is 2. The number of fused-ring (bicyclic) bond motifs is 4. The SMILES string of the molecule is Cc1ncn(CCCC2Cc3cc(Cl)ccc3C(C3CCN(C)CC3)c3ncccc32)c1C.Cc1ncn(CCCC2Cc3cc(Cl)ccc3C(C3CCNCC3)c3ncccc32)c1C. The number of likely N-dealkylation sites (tertiary alicyclic amines) is 1. The van der Waals surface area contributed by atoms with Gasteiger partial charge in [-0.25, -0.2) is 9.97 Å². The molecule has 1 N–H and O–H groups in total. The fraction of sp³-hybridized carbons (Fsp3) is 0.491. The molecule has 6 heterocycles. The Hall–Kier alpha value is -4.34. The molecule has 0 spiro atoms. The van der Waals surface area contributed by atoms with Crippen molar-refractivity contribution < 1.29 is 0 Å². The van der Waals surface area contributed by atoms with E-state index >= 15 is 0 Å². The molecule has 0 saturated carbocycles. The highest BCUT2D eigenvalue weighted by atomic mass is 35.5. The van der Waals surface area contributed by atoms with Crippen LogP contribution in [0.4, 0.5) is 0 Å². The highest BCUT2D eigenvalue weighted by molar-refractivity contribution is 6.31. The number of nitrogens with one attached hydrogen (secondary N) is 1. The monoisotopic (exact) mass is 910 g/mol. The van der Waals surface area contributed by atoms with Crippen LogP contribution in [0.15, 0.2) is 85.7 Å². The molecule has 4 aliphatic rings. The summed E-state index contributed by atoms with van der Waals surface area (Å²) < 4.78 is 4.58. The predicted molar refractivity (Wildman–Crippen MR) is 266 cm³/mol. The molecular weight excluding hydrogens is 844 g/mol. The fourth-order valence-electron chi connectivity index (χ4n) is 11.8. The molecule has 342 valence electrons. The van der Waals surface area contributed by atoms with Gasteiger partial charge in [0.25, 0.3) is 0 Å². The molecule has 2 fully saturated rings. The van der Waals surface area contributed by atoms with Gasteiger partial charge in [0.2, 0.25) is 0 Å². The van der Waals surface area contributed by atoms with Crippen molar-refractivity contribution in [2.75, 3.05) is 33.2 Å². The molecule has 2 saturated heterocycles. The number of rotatable bonds is 10. The first kappa shape index (κ1) is 45.8. The first-order chi connectivity index (χ1) is 31.6. The minimum atomic E-state index is 0.365. The average Bonchev–Trinajstić information content (AvgIpc) is 3.71. The summed E-state index contributed by atoms with van der Waals surface area (Å²) in [5.41, 5.74) is 16.1. The summed E-state index contributed by atoms with van der Waals surface area (Å²) in [7, 11) is 2.24. The maximum Gasteiger partial charge on any atom is 0.0951 e. The lowest BCUT2D eigenvalue weighted by molar-refractivity contribution is 0.206. The molecule has 65 heavy (non-hydrogen) atoms. The molecule has 4 unspecified atom stereocenters. The van der Waals surface area contributed by atoms with Gasteiger partial charge in [-0.1, -0.05) is 47.5 Å². The van der Waals surface area contributed by atoms with E-state index in [2.05, 4.69) is 125 Å². The Kier molecular flexibility index (Phi) is 14.6. The van der Waals surface area contributed by atoms with Crippen molar-refractivity contribution in [3.8, 4) is 0 Å². The number of aryl methyl sites for hydroxylation is 4. The second-order valence-electron chi connectivity index (χ2n) is 19.6. The molecule has 4 aromatic heterocycles. The van der Waals surface area contributed by atoms with Gasteiger partial charge in [-0.3, -0.25) is 9.97 Å². The van der Waals surface area contributed by atoms with Crippen LogP contribution in [0.25, 0.3) is 0 Å². The van der Waals surface area contributed by atoms with Crippen LogP contribution in [-0.4, -0.2) is 67.2 Å². The van der Waals surface area contributed by atoms with Crippen LogP contribution < -0.4 is 5.32 Å². The number of hydrogen-bond donors (Lipinski definition) is 1. The summed E-state index contributed by atoms with van der Waals surface area (Å²) >= 11 is 13.0. The molecule has 10 heteroatoms. The standard InChI is InChI=1S/C28H35ClN4.C27H33ClN4/c1-19-20(2)33(18-31-19)13-5-6-22-16-23-17-24(29)8-9-25(23)27(21-10-14-32(3)15-11-21)28-26(22)7-4-12-30-28;1-18-19(2)32(17-31-18)14-4-5-21-15-22-16-23(28)7-8-24(22)26(20-9-12-29-13-10-20)27-25(21)6-3-11-30-27/h4,7-9,12,17-18,21-22,27H,5-6,10-11,13-16H2,1-3H3;3,6-8,11,16-17,20-21,26,29H,4-5,9-10,12-15H2,1-2H3. The lowest BCUT2D eigenvalue weighted by Gasteiger charge is -2.35. The predicted octanol–water partition coefficient (Wildman–Crippen LogP) is 11.9. The van der Waals surface area contributed by atoms with Crippen molar-refractivity contribution in [2.45, 2.75) is 129 Å². The van der Waals surface area contributed by atoms with E-state index in [1.165, 1.54) is 94.9 Å². The third-order valence-electron chi connectivity index (χ3n) is 15.7. The van der Waals surface area contributed by atoms with Gasteiger partial charge in [0.1, 0.15) is 0 Å². The van der Waals surface area contributed by atoms with Crippen LogP contribution in [0.5, 0.6) is 0 Å². The van der Waals surface area contributed by atoms with Gasteiger partial charge >= 0.3 is 0 Å². The van der Waals surface area contributed by atoms with Gasteiger partial charge in [0.15, 0.2) is 0 Å². The minimum absolute atomic E-state index is 0.365. The van der Waals surface area contributed by atoms with Crippen molar-refractivity contribution in [3.05, 3.63) is 163 Å². The first-order valence-electron chi connectivity index (χ1n) is 24.4. The van der Waals surface area contributed by atoms with Gasteiger partial charge in [-0.15, -0.1) is 0 Å². The molecule has 8 nitrogen and oxygen atoms in total. The molecule has 0 amide bonds. The number of pyridine rings is 2. The summed E-state index contributed by atoms with van der Waals surface area (Å²) in [6, 6.07) is 22.1. The van der Waals surface area contributed by atoms with Crippen LogP contribution in [0.1, 0.15) is 143 Å². The molecular formula is C55H68Cl2N8. The van der Waals surface area contributed by atoms with Crippen LogP contribution >= 0.6 is 23.2 Å². The highest BCUT2D eigenvalue weighted by Gasteiger charge is 2.37. The average molecular weight is 912 g/mol. The number of nitrogens with zero attached hydrogens (tertiary/aromatic N) is 7. The van der Waals surface area contributed by atoms with Crippen molar-refractivity contribution in [3.63, 3.8) is 0 Å². The van der Waals surface area contributed by atoms with E-state index in [-0.39, 0.29) is 0 Å². The molecule has 2 aliphatic carbocycles. The molecule has 10 rings (SSSR count). The van der Waals surface area contributed by atoms with Gasteiger partial charge in [0, 0.05) is 58.8 Å². The van der Waals surface area contributed by atoms with E-state index in [0.29, 0.717) is 35.5 Å². The Labute approximate surface area is 397 Å². The zero-order chi connectivity index (χ0) is 45.0. The highest BCUT2D eigenvalue weighted by Crippen LogP contribution is 2.48. The Bertz CT molecular complexity index is 2550. The maximum absolute atomic E-state index is 6.51. The Morgan fingerprint density at radius 2 is 1.05 bits per heavy atom. The van der Waals surface area contributed by atoms with E-state index in [1.54, 1.807) is 0 Å². The number of benzene rings is 2. The summed E-state index contributed by atoms with van der Waals surface area (Å²) in [5.74, 6) is 2.92. The van der Waals surface area contributed by atoms with Crippen LogP contribution in [0, 0.1) is 39.5 Å². The Morgan fingerprint density at radius 1 is 0.585 bits per heavy atom. The molecule has 6 aromatic rings. The zero-order valence-corrected chi connectivity index (χ0v) is 40.8. The molecule has 4 atom stereocenters. The minimum Gasteiger partial charge on any atom is -0.335 e. The molecule has 0 radical (unpaired) electrons. The smallest absolute Gasteiger partial charge is 0.0951 e. The van der Waals surface area contributed by atoms with Crippen LogP contribution in [0.2, 0.25) is 10.0 Å². The van der Waals surface area contributed by atoms with Gasteiger partial charge in [0.05, 0.1) is 35.4 Å². The molecule has 2 aliphatic heterocycles. The number of aromatic nitrogens is 6. The van der Waals surface area contributed by atoms with E-state index in [0.717, 1.165) is 86.1 Å². The largest absolute Gasteiger partial charge is 0.335 e. The normalized spacial score (nSPS) is 21.3. The quantitative estimate of drug-likeness (QED) is 0.148. The number of halogens is 2. The Morgan fingerprint density at radius 3 is 1.49 bits per heavy atom. The second kappa shape index (κ2) is 20.7. The number of hydrogen-bond acceptors (Lipinski definition) is 6. The summed E-state index contributed by atoms with van der Waals surface area (Å²) in [4.78, 5) is 21.5. The lowest BCUT2D eigenvalue weighted by Crippen LogP contribution is -2.33. The van der Waals surface area contributed by atoms with Crippen LogP contribution in [-0.2, 0) is 25.9 Å². The first-order valence-corrected chi connectivity index (χ1v) is 25.2. The third kappa shape index (κ3) is 10.2. The maximum atomic E-state index is 6.51. The topological polar surface area (TPSA) is 76.7 Å². The van der Waals surface area contributed by atoms with Gasteiger partial charge in [-0.2, -0.15) is 0 Å². The summed E-state index contributed by atoms with van der Waals surface area (Å²) in [6.07, 6.45) is 19.4. The van der Waals surface area contributed by atoms with E-state index < -0.39 is 0 Å². The molecule has 2 aromatic carbocycles. The molecule has 0 bridgehead atoms. The third-order valence-corrected chi connectivity index (χ3v) is 16.2. The zero-order valence-electron chi connectivity index (χ0n) is 39.2. The summed E-state index contributed by atoms with van der Waals surface area (Å²) in [6.45, 7) is 15.0. The van der Waals surface area contributed by atoms with Crippen molar-refractivity contribution in [1.29, 1.82) is 0 Å². The fourth-order valence-corrected chi connectivity index (χ4v) is 12.2. The van der Waals surface area contributed by atoms with Gasteiger partial charge in [-0.05, 0) is 219 Å². The van der Waals surface area contributed by atoms with E-state index in [9.17, 15) is 0 Å². The van der Waals surface area contributed by atoms with Crippen LogP contribution in [0.3, 0.4) is 0 Å². The van der Waals surface area contributed by atoms with Crippen molar-refractivity contribution >= 4 is 23.2 Å². The van der Waals surface area contributed by atoms with Crippen molar-refractivity contribution in [2.24, 2.45) is 11.8 Å². The number of imidazole rings is 2. The van der Waals surface area contributed by atoms with E-state index in [1.807, 2.05) is 25.0 Å². The second-order valence-corrected chi connectivity index (χ2v) is 20.5.